The molecule has 3 rings (SSSR count). The molecule has 0 N–H and O–H groups in total. The molecule has 3 nitrogen and oxygen atoms in total. The monoisotopic (exact) mass is 211 g/mol. The van der Waals surface area contributed by atoms with E-state index in [0.29, 0.717) is 0 Å². The highest BCUT2D eigenvalue weighted by Gasteiger charge is 2.04. The number of pyridine rings is 1. The molecule has 0 amide bonds. The fourth-order valence-electron chi connectivity index (χ4n) is 2.00. The van der Waals surface area contributed by atoms with Gasteiger partial charge in [0.15, 0.2) is 5.65 Å². The molecule has 80 valence electrons. The smallest absolute Gasteiger partial charge is 0.158 e. The number of hydrogen-bond acceptors (Lipinski definition) is 2. The van der Waals surface area contributed by atoms with Crippen LogP contribution in [-0.2, 0) is 6.54 Å². The topological polar surface area (TPSA) is 30.7 Å². The summed E-state index contributed by atoms with van der Waals surface area (Å²) in [5.41, 5.74) is 3.25. The van der Waals surface area contributed by atoms with Crippen LogP contribution in [-0.4, -0.2) is 14.8 Å². The zero-order valence-corrected chi connectivity index (χ0v) is 9.44. The van der Waals surface area contributed by atoms with Crippen LogP contribution in [0.25, 0.3) is 21.9 Å². The molecule has 2 aromatic heterocycles. The van der Waals surface area contributed by atoms with Gasteiger partial charge in [0.25, 0.3) is 0 Å². The molecule has 0 saturated heterocycles. The van der Waals surface area contributed by atoms with E-state index in [2.05, 4.69) is 48.2 Å². The number of benzene rings is 1. The van der Waals surface area contributed by atoms with Gasteiger partial charge in [0.2, 0.25) is 0 Å². The lowest BCUT2D eigenvalue weighted by atomic mass is 10.1. The minimum Gasteiger partial charge on any atom is -0.248 e. The largest absolute Gasteiger partial charge is 0.248 e. The molecule has 3 aromatic rings. The second kappa shape index (κ2) is 3.30. The molecule has 0 aliphatic rings. The zero-order valence-electron chi connectivity index (χ0n) is 9.44. The minimum absolute atomic E-state index is 0.855. The van der Waals surface area contributed by atoms with Gasteiger partial charge in [-0.3, -0.25) is 0 Å². The van der Waals surface area contributed by atoms with Crippen molar-refractivity contribution in [2.45, 2.75) is 20.4 Å². The summed E-state index contributed by atoms with van der Waals surface area (Å²) in [5.74, 6) is 0. The average Bonchev–Trinajstić information content (AvgIpc) is 2.68. The molecule has 16 heavy (non-hydrogen) atoms. The lowest BCUT2D eigenvalue weighted by molar-refractivity contribution is 0.677. The highest BCUT2D eigenvalue weighted by molar-refractivity contribution is 5.91. The number of rotatable bonds is 1. The number of fused-ring (bicyclic) bond motifs is 2. The van der Waals surface area contributed by atoms with Crippen LogP contribution in [0.3, 0.4) is 0 Å². The molecule has 0 bridgehead atoms. The van der Waals surface area contributed by atoms with Gasteiger partial charge in [-0.25, -0.2) is 9.67 Å². The predicted octanol–water partition coefficient (Wildman–Crippen LogP) is 2.91. The number of hydrogen-bond donors (Lipinski definition) is 0. The van der Waals surface area contributed by atoms with Crippen molar-refractivity contribution in [1.29, 1.82) is 0 Å². The molecule has 0 fully saturated rings. The van der Waals surface area contributed by atoms with E-state index in [4.69, 9.17) is 0 Å². The van der Waals surface area contributed by atoms with E-state index in [1.54, 1.807) is 0 Å². The highest BCUT2D eigenvalue weighted by Crippen LogP contribution is 2.20. The lowest BCUT2D eigenvalue weighted by Gasteiger charge is -2.01. The Bertz CT molecular complexity index is 667. The van der Waals surface area contributed by atoms with Gasteiger partial charge < -0.3 is 0 Å². The van der Waals surface area contributed by atoms with Crippen molar-refractivity contribution in [3.63, 3.8) is 0 Å². The number of aromatic nitrogens is 3. The first-order valence-corrected chi connectivity index (χ1v) is 5.51. The molecule has 1 aromatic carbocycles. The van der Waals surface area contributed by atoms with Crippen molar-refractivity contribution in [2.24, 2.45) is 0 Å². The Balaban J connectivity index is 2.42. The van der Waals surface area contributed by atoms with Crippen LogP contribution >= 0.6 is 0 Å². The normalized spacial score (nSPS) is 11.4. The number of nitrogens with zero attached hydrogens (tertiary/aromatic N) is 3. The Morgan fingerprint density at radius 3 is 2.88 bits per heavy atom. The van der Waals surface area contributed by atoms with Gasteiger partial charge in [0.05, 0.1) is 11.7 Å². The van der Waals surface area contributed by atoms with E-state index >= 15 is 0 Å². The van der Waals surface area contributed by atoms with Gasteiger partial charge in [-0.05, 0) is 31.5 Å². The van der Waals surface area contributed by atoms with Crippen LogP contribution in [0.2, 0.25) is 0 Å². The fourth-order valence-corrected chi connectivity index (χ4v) is 2.00. The van der Waals surface area contributed by atoms with Crippen LogP contribution in [0.15, 0.2) is 30.5 Å². The summed E-state index contributed by atoms with van der Waals surface area (Å²) in [6.45, 7) is 5.02. The highest BCUT2D eigenvalue weighted by atomic mass is 15.3. The molecule has 0 aliphatic carbocycles. The van der Waals surface area contributed by atoms with Crippen molar-refractivity contribution in [2.75, 3.05) is 0 Å². The van der Waals surface area contributed by atoms with Crippen LogP contribution in [0, 0.1) is 6.92 Å². The summed E-state index contributed by atoms with van der Waals surface area (Å²) in [6.07, 6.45) is 1.88. The Labute approximate surface area is 93.7 Å². The van der Waals surface area contributed by atoms with Crippen molar-refractivity contribution >= 4 is 21.9 Å². The quantitative estimate of drug-likeness (QED) is 0.619. The standard InChI is InChI=1S/C13H13N3/c1-3-16-13-11(8-14-16)7-10-5-4-9(2)6-12(10)15-13/h4-8H,3H2,1-2H3. The van der Waals surface area contributed by atoms with Crippen LogP contribution in [0.4, 0.5) is 0 Å². The summed E-state index contributed by atoms with van der Waals surface area (Å²) in [6, 6.07) is 8.48. The van der Waals surface area contributed by atoms with Crippen LogP contribution in [0.5, 0.6) is 0 Å². The molecule has 0 aliphatic heterocycles. The minimum atomic E-state index is 0.855. The van der Waals surface area contributed by atoms with Crippen molar-refractivity contribution in [3.05, 3.63) is 36.0 Å². The second-order valence-electron chi connectivity index (χ2n) is 4.06. The molecule has 0 unspecified atom stereocenters. The van der Waals surface area contributed by atoms with Gasteiger partial charge in [-0.15, -0.1) is 0 Å². The summed E-state index contributed by atoms with van der Waals surface area (Å²) in [5, 5.41) is 6.60. The van der Waals surface area contributed by atoms with Gasteiger partial charge >= 0.3 is 0 Å². The third-order valence-electron chi connectivity index (χ3n) is 2.86. The fraction of sp³-hybridized carbons (Fsp3) is 0.231. The van der Waals surface area contributed by atoms with Gasteiger partial charge in [-0.2, -0.15) is 5.10 Å². The summed E-state index contributed by atoms with van der Waals surface area (Å²) in [4.78, 5) is 4.67. The van der Waals surface area contributed by atoms with E-state index in [0.717, 1.165) is 23.1 Å². The maximum atomic E-state index is 4.67. The summed E-state index contributed by atoms with van der Waals surface area (Å²) in [7, 11) is 0. The molecule has 0 atom stereocenters. The SMILES string of the molecule is CCn1ncc2cc3ccc(C)cc3nc21. The van der Waals surface area contributed by atoms with Gasteiger partial charge in [0, 0.05) is 17.3 Å². The molecule has 0 spiro atoms. The first-order valence-electron chi connectivity index (χ1n) is 5.51. The molecule has 0 saturated carbocycles. The Morgan fingerprint density at radius 2 is 2.06 bits per heavy atom. The van der Waals surface area contributed by atoms with E-state index in [9.17, 15) is 0 Å². The second-order valence-corrected chi connectivity index (χ2v) is 4.06. The molecular weight excluding hydrogens is 198 g/mol. The third-order valence-corrected chi connectivity index (χ3v) is 2.86. The maximum absolute atomic E-state index is 4.67. The van der Waals surface area contributed by atoms with E-state index in [-0.39, 0.29) is 0 Å². The van der Waals surface area contributed by atoms with Crippen molar-refractivity contribution in [3.8, 4) is 0 Å². The lowest BCUT2D eigenvalue weighted by Crippen LogP contribution is -1.97. The van der Waals surface area contributed by atoms with Gasteiger partial charge in [0.1, 0.15) is 0 Å². The molecule has 3 heteroatoms. The Hall–Kier alpha value is -1.90. The Kier molecular flexibility index (Phi) is 1.93. The van der Waals surface area contributed by atoms with E-state index in [1.165, 1.54) is 10.9 Å². The van der Waals surface area contributed by atoms with Crippen LogP contribution in [0.1, 0.15) is 12.5 Å². The first kappa shape index (κ1) is 9.33. The van der Waals surface area contributed by atoms with Crippen LogP contribution < -0.4 is 0 Å². The number of aryl methyl sites for hydroxylation is 2. The van der Waals surface area contributed by atoms with Gasteiger partial charge in [-0.1, -0.05) is 12.1 Å². The molecule has 2 heterocycles. The summed E-state index contributed by atoms with van der Waals surface area (Å²) >= 11 is 0. The zero-order chi connectivity index (χ0) is 11.1. The average molecular weight is 211 g/mol. The Morgan fingerprint density at radius 1 is 1.19 bits per heavy atom. The van der Waals surface area contributed by atoms with E-state index in [1.807, 2.05) is 10.9 Å². The third kappa shape index (κ3) is 1.28. The van der Waals surface area contributed by atoms with Crippen molar-refractivity contribution in [1.82, 2.24) is 14.8 Å². The maximum Gasteiger partial charge on any atom is 0.158 e. The first-order chi connectivity index (χ1) is 7.78. The molecular formula is C13H13N3. The summed E-state index contributed by atoms with van der Waals surface area (Å²) < 4.78 is 1.93. The van der Waals surface area contributed by atoms with Crippen molar-refractivity contribution < 1.29 is 0 Å². The van der Waals surface area contributed by atoms with E-state index < -0.39 is 0 Å². The predicted molar refractivity (Wildman–Crippen MR) is 65.4 cm³/mol. The molecule has 0 radical (unpaired) electrons.